The Bertz CT molecular complexity index is 385. The molecule has 0 spiro atoms. The number of carbonyl (C=O) groups excluding carboxylic acids is 1. The number of anilines is 1. The Balaban J connectivity index is 2.38. The topological polar surface area (TPSA) is 67.0 Å². The molecule has 0 saturated carbocycles. The fourth-order valence-corrected chi connectivity index (χ4v) is 1.94. The van der Waals surface area contributed by atoms with Gasteiger partial charge in [-0.15, -0.1) is 11.8 Å². The van der Waals surface area contributed by atoms with Crippen LogP contribution in [0.1, 0.15) is 26.5 Å². The summed E-state index contributed by atoms with van der Waals surface area (Å²) in [5.41, 5.74) is 1.01. The van der Waals surface area contributed by atoms with E-state index >= 15 is 0 Å². The van der Waals surface area contributed by atoms with E-state index in [0.29, 0.717) is 18.2 Å². The first-order valence-corrected chi connectivity index (χ1v) is 7.01. The minimum atomic E-state index is -0.0388. The van der Waals surface area contributed by atoms with E-state index in [1.54, 1.807) is 18.9 Å². The van der Waals surface area contributed by atoms with Crippen LogP contribution in [0, 0.1) is 0 Å². The van der Waals surface area contributed by atoms with Crippen molar-refractivity contribution in [1.82, 2.24) is 10.2 Å². The maximum atomic E-state index is 11.6. The lowest BCUT2D eigenvalue weighted by atomic mass is 9.92. The molecule has 6 heteroatoms. The van der Waals surface area contributed by atoms with E-state index in [9.17, 15) is 4.79 Å². The first-order chi connectivity index (χ1) is 8.43. The predicted octanol–water partition coefficient (Wildman–Crippen LogP) is 2.03. The van der Waals surface area contributed by atoms with Crippen LogP contribution >= 0.6 is 11.8 Å². The van der Waals surface area contributed by atoms with Crippen molar-refractivity contribution in [1.29, 1.82) is 0 Å². The average Bonchev–Trinajstić information content (AvgIpc) is 2.72. The van der Waals surface area contributed by atoms with Crippen LogP contribution in [0.3, 0.4) is 0 Å². The van der Waals surface area contributed by atoms with Crippen LogP contribution in [-0.4, -0.2) is 41.3 Å². The Kier molecular flexibility index (Phi) is 5.68. The normalized spacial score (nSPS) is 11.6. The average molecular weight is 271 g/mol. The number of rotatable bonds is 6. The smallest absolute Gasteiger partial charge is 0.235 e. The number of hydrogen-bond acceptors (Lipinski definition) is 4. The first-order valence-electron chi connectivity index (χ1n) is 5.86. The fourth-order valence-electron chi connectivity index (χ4n) is 1.26. The number of methoxy groups -OCH3 is 1. The molecule has 1 rings (SSSR count). The van der Waals surface area contributed by atoms with E-state index in [4.69, 9.17) is 4.74 Å². The van der Waals surface area contributed by atoms with Gasteiger partial charge in [0, 0.05) is 30.0 Å². The van der Waals surface area contributed by atoms with Gasteiger partial charge < -0.3 is 10.1 Å². The van der Waals surface area contributed by atoms with Gasteiger partial charge in [-0.2, -0.15) is 5.10 Å². The molecule has 0 aliphatic heterocycles. The molecule has 5 nitrogen and oxygen atoms in total. The highest BCUT2D eigenvalue weighted by Crippen LogP contribution is 2.21. The lowest BCUT2D eigenvalue weighted by molar-refractivity contribution is -0.113. The summed E-state index contributed by atoms with van der Waals surface area (Å²) in [5, 5.41) is 9.78. The van der Waals surface area contributed by atoms with Crippen molar-refractivity contribution >= 4 is 23.5 Å². The Morgan fingerprint density at radius 2 is 2.28 bits per heavy atom. The summed E-state index contributed by atoms with van der Waals surface area (Å²) in [5.74, 6) is 1.78. The highest BCUT2D eigenvalue weighted by molar-refractivity contribution is 7.99. The van der Waals surface area contributed by atoms with Gasteiger partial charge in [-0.25, -0.2) is 0 Å². The lowest BCUT2D eigenvalue weighted by Gasteiger charge is -2.14. The van der Waals surface area contributed by atoms with E-state index in [-0.39, 0.29) is 11.3 Å². The second kappa shape index (κ2) is 6.80. The zero-order valence-corrected chi connectivity index (χ0v) is 12.2. The van der Waals surface area contributed by atoms with Crippen LogP contribution in [0.5, 0.6) is 0 Å². The molecule has 1 aromatic rings. The largest absolute Gasteiger partial charge is 0.384 e. The molecule has 0 aliphatic carbocycles. The van der Waals surface area contributed by atoms with Crippen LogP contribution in [0.4, 0.5) is 5.82 Å². The van der Waals surface area contributed by atoms with Crippen molar-refractivity contribution in [2.45, 2.75) is 26.2 Å². The monoisotopic (exact) mass is 271 g/mol. The molecule has 0 aromatic carbocycles. The van der Waals surface area contributed by atoms with Gasteiger partial charge in [0.15, 0.2) is 5.82 Å². The van der Waals surface area contributed by atoms with E-state index in [1.807, 2.05) is 6.07 Å². The molecule has 1 amide bonds. The number of nitrogens with one attached hydrogen (secondary N) is 2. The summed E-state index contributed by atoms with van der Waals surface area (Å²) in [4.78, 5) is 11.6. The Hall–Kier alpha value is -1.01. The summed E-state index contributed by atoms with van der Waals surface area (Å²) in [6, 6.07) is 1.87. The van der Waals surface area contributed by atoms with Crippen molar-refractivity contribution < 1.29 is 9.53 Å². The fraction of sp³-hybridized carbons (Fsp3) is 0.667. The number of ether oxygens (including phenoxy) is 1. The third-order valence-electron chi connectivity index (χ3n) is 2.32. The van der Waals surface area contributed by atoms with E-state index in [1.165, 1.54) is 0 Å². The second-order valence-corrected chi connectivity index (χ2v) is 6.12. The minimum Gasteiger partial charge on any atom is -0.384 e. The van der Waals surface area contributed by atoms with Crippen LogP contribution in [-0.2, 0) is 14.9 Å². The van der Waals surface area contributed by atoms with Crippen molar-refractivity contribution in [3.63, 3.8) is 0 Å². The van der Waals surface area contributed by atoms with E-state index in [0.717, 1.165) is 11.4 Å². The molecular formula is C12H21N3O2S. The molecule has 0 bridgehead atoms. The van der Waals surface area contributed by atoms with Crippen LogP contribution in [0.25, 0.3) is 0 Å². The molecule has 2 N–H and O–H groups in total. The number of amides is 1. The Morgan fingerprint density at radius 1 is 1.56 bits per heavy atom. The number of hydrogen-bond donors (Lipinski definition) is 2. The second-order valence-electron chi connectivity index (χ2n) is 5.01. The summed E-state index contributed by atoms with van der Waals surface area (Å²) in [7, 11) is 1.65. The maximum Gasteiger partial charge on any atom is 0.235 e. The van der Waals surface area contributed by atoms with Crippen molar-refractivity contribution in [2.75, 3.05) is 30.5 Å². The lowest BCUT2D eigenvalue weighted by Crippen LogP contribution is -2.15. The number of thioether (sulfide) groups is 1. The first kappa shape index (κ1) is 15.0. The molecular weight excluding hydrogens is 250 g/mol. The van der Waals surface area contributed by atoms with Gasteiger partial charge in [-0.3, -0.25) is 9.89 Å². The number of nitrogens with zero attached hydrogens (tertiary/aromatic N) is 1. The zero-order chi connectivity index (χ0) is 13.6. The molecule has 0 radical (unpaired) electrons. The van der Waals surface area contributed by atoms with Crippen LogP contribution < -0.4 is 5.32 Å². The molecule has 1 aromatic heterocycles. The van der Waals surface area contributed by atoms with E-state index < -0.39 is 0 Å². The van der Waals surface area contributed by atoms with Gasteiger partial charge >= 0.3 is 0 Å². The molecule has 0 fully saturated rings. The van der Waals surface area contributed by atoms with Gasteiger partial charge in [0.25, 0.3) is 0 Å². The maximum absolute atomic E-state index is 11.6. The Morgan fingerprint density at radius 3 is 2.83 bits per heavy atom. The molecule has 102 valence electrons. The molecule has 0 aliphatic rings. The van der Waals surface area contributed by atoms with Gasteiger partial charge in [0.2, 0.25) is 5.91 Å². The van der Waals surface area contributed by atoms with Crippen LogP contribution in [0.15, 0.2) is 6.07 Å². The van der Waals surface area contributed by atoms with Gasteiger partial charge in [-0.05, 0) is 0 Å². The SMILES string of the molecule is COCCSCC(=O)Nc1cc(C(C)(C)C)[nH]n1. The molecule has 18 heavy (non-hydrogen) atoms. The summed E-state index contributed by atoms with van der Waals surface area (Å²) in [6.45, 7) is 6.93. The summed E-state index contributed by atoms with van der Waals surface area (Å²) >= 11 is 1.54. The van der Waals surface area contributed by atoms with Crippen molar-refractivity contribution in [2.24, 2.45) is 0 Å². The molecule has 0 atom stereocenters. The molecule has 0 unspecified atom stereocenters. The summed E-state index contributed by atoms with van der Waals surface area (Å²) < 4.78 is 4.91. The van der Waals surface area contributed by atoms with Gasteiger partial charge in [0.05, 0.1) is 12.4 Å². The number of aromatic nitrogens is 2. The molecule has 0 saturated heterocycles. The van der Waals surface area contributed by atoms with Gasteiger partial charge in [0.1, 0.15) is 0 Å². The third kappa shape index (κ3) is 5.10. The van der Waals surface area contributed by atoms with E-state index in [2.05, 4.69) is 36.3 Å². The van der Waals surface area contributed by atoms with Crippen molar-refractivity contribution in [3.8, 4) is 0 Å². The third-order valence-corrected chi connectivity index (χ3v) is 3.24. The molecule has 1 heterocycles. The Labute approximate surface area is 112 Å². The highest BCUT2D eigenvalue weighted by Gasteiger charge is 2.17. The quantitative estimate of drug-likeness (QED) is 0.777. The zero-order valence-electron chi connectivity index (χ0n) is 11.4. The minimum absolute atomic E-state index is 0.00317. The number of aromatic amines is 1. The standard InChI is InChI=1S/C12H21N3O2S/c1-12(2,3)9-7-10(15-14-9)13-11(16)8-18-6-5-17-4/h7H,5-6,8H2,1-4H3,(H2,13,14,15,16). The predicted molar refractivity (Wildman–Crippen MR) is 75.1 cm³/mol. The number of H-pyrrole nitrogens is 1. The van der Waals surface area contributed by atoms with Gasteiger partial charge in [-0.1, -0.05) is 20.8 Å². The summed E-state index contributed by atoms with van der Waals surface area (Å²) in [6.07, 6.45) is 0. The van der Waals surface area contributed by atoms with Crippen LogP contribution in [0.2, 0.25) is 0 Å². The van der Waals surface area contributed by atoms with Crippen molar-refractivity contribution in [3.05, 3.63) is 11.8 Å². The number of carbonyl (C=O) groups is 1. The highest BCUT2D eigenvalue weighted by atomic mass is 32.2.